The number of nitrogens with one attached hydrogen (secondary N) is 1. The van der Waals surface area contributed by atoms with Gasteiger partial charge in [0.15, 0.2) is 0 Å². The van der Waals surface area contributed by atoms with Gasteiger partial charge in [0.05, 0.1) is 11.4 Å². The van der Waals surface area contributed by atoms with Crippen molar-refractivity contribution in [1.29, 1.82) is 0 Å². The van der Waals surface area contributed by atoms with E-state index in [4.69, 9.17) is 0 Å². The zero-order valence-electron chi connectivity index (χ0n) is 12.7. The van der Waals surface area contributed by atoms with E-state index in [0.29, 0.717) is 12.1 Å². The summed E-state index contributed by atoms with van der Waals surface area (Å²) in [5.74, 6) is 0. The van der Waals surface area contributed by atoms with E-state index in [-0.39, 0.29) is 5.41 Å². The van der Waals surface area contributed by atoms with Crippen LogP contribution in [-0.2, 0) is 5.41 Å². The second-order valence-electron chi connectivity index (χ2n) is 7.20. The van der Waals surface area contributed by atoms with Gasteiger partial charge in [0.1, 0.15) is 0 Å². The fourth-order valence-corrected chi connectivity index (χ4v) is 3.53. The third-order valence-corrected chi connectivity index (χ3v) is 4.81. The van der Waals surface area contributed by atoms with Crippen molar-refractivity contribution in [1.82, 2.24) is 0 Å². The van der Waals surface area contributed by atoms with Crippen LogP contribution in [0.15, 0.2) is 18.2 Å². The van der Waals surface area contributed by atoms with Crippen molar-refractivity contribution >= 4 is 11.4 Å². The van der Waals surface area contributed by atoms with Crippen LogP contribution in [0.5, 0.6) is 0 Å². The predicted octanol–water partition coefficient (Wildman–Crippen LogP) is 4.16. The van der Waals surface area contributed by atoms with Crippen molar-refractivity contribution < 1.29 is 0 Å². The number of benzene rings is 1. The Balaban J connectivity index is 1.99. The third kappa shape index (κ3) is 2.22. The van der Waals surface area contributed by atoms with Crippen molar-refractivity contribution in [3.63, 3.8) is 0 Å². The molecule has 1 aliphatic heterocycles. The number of hydrogen-bond acceptors (Lipinski definition) is 2. The topological polar surface area (TPSA) is 15.3 Å². The van der Waals surface area contributed by atoms with Crippen LogP contribution in [0.2, 0.25) is 0 Å². The Morgan fingerprint density at radius 3 is 2.63 bits per heavy atom. The van der Waals surface area contributed by atoms with Crippen LogP contribution >= 0.6 is 0 Å². The van der Waals surface area contributed by atoms with Crippen LogP contribution in [0.25, 0.3) is 0 Å². The summed E-state index contributed by atoms with van der Waals surface area (Å²) >= 11 is 0. The van der Waals surface area contributed by atoms with Gasteiger partial charge in [-0.2, -0.15) is 0 Å². The molecule has 19 heavy (non-hydrogen) atoms. The van der Waals surface area contributed by atoms with Crippen molar-refractivity contribution in [2.24, 2.45) is 0 Å². The molecule has 1 aromatic carbocycles. The zero-order chi connectivity index (χ0) is 13.6. The van der Waals surface area contributed by atoms with Gasteiger partial charge in [-0.3, -0.25) is 0 Å². The molecule has 104 valence electrons. The molecule has 1 fully saturated rings. The third-order valence-electron chi connectivity index (χ3n) is 4.81. The lowest BCUT2D eigenvalue weighted by molar-refractivity contribution is 0.385. The van der Waals surface area contributed by atoms with Gasteiger partial charge in [-0.25, -0.2) is 0 Å². The highest BCUT2D eigenvalue weighted by Gasteiger charge is 2.34. The fourth-order valence-electron chi connectivity index (χ4n) is 3.53. The second-order valence-corrected chi connectivity index (χ2v) is 7.20. The lowest BCUT2D eigenvalue weighted by Crippen LogP contribution is -2.50. The summed E-state index contributed by atoms with van der Waals surface area (Å²) in [5.41, 5.74) is 4.35. The number of rotatable bonds is 0. The quantitative estimate of drug-likeness (QED) is 0.752. The minimum atomic E-state index is 0.222. The number of anilines is 2. The van der Waals surface area contributed by atoms with Gasteiger partial charge in [-0.15, -0.1) is 0 Å². The number of likely N-dealkylation sites (N-methyl/N-ethyl adjacent to an activating group) is 1. The van der Waals surface area contributed by atoms with Gasteiger partial charge in [-0.1, -0.05) is 39.7 Å². The first-order valence-corrected chi connectivity index (χ1v) is 7.61. The molecule has 0 amide bonds. The van der Waals surface area contributed by atoms with Crippen LogP contribution in [0.3, 0.4) is 0 Å². The van der Waals surface area contributed by atoms with Crippen molar-refractivity contribution in [3.05, 3.63) is 23.8 Å². The van der Waals surface area contributed by atoms with E-state index in [1.165, 1.54) is 42.6 Å². The van der Waals surface area contributed by atoms with Crippen LogP contribution in [0, 0.1) is 0 Å². The van der Waals surface area contributed by atoms with E-state index < -0.39 is 0 Å². The van der Waals surface area contributed by atoms with Crippen molar-refractivity contribution in [2.75, 3.05) is 17.3 Å². The normalized spacial score (nSPS) is 26.4. The number of nitrogens with zero attached hydrogens (tertiary/aromatic N) is 1. The van der Waals surface area contributed by atoms with Crippen LogP contribution in [0.4, 0.5) is 11.4 Å². The Morgan fingerprint density at radius 2 is 1.89 bits per heavy atom. The molecule has 1 heterocycles. The molecule has 2 aliphatic rings. The molecule has 1 aliphatic carbocycles. The molecule has 2 unspecified atom stereocenters. The molecule has 1 saturated carbocycles. The van der Waals surface area contributed by atoms with Gasteiger partial charge < -0.3 is 10.2 Å². The summed E-state index contributed by atoms with van der Waals surface area (Å²) in [5, 5.41) is 3.77. The Hall–Kier alpha value is -1.18. The summed E-state index contributed by atoms with van der Waals surface area (Å²) in [4.78, 5) is 2.52. The average Bonchev–Trinajstić information content (AvgIpc) is 2.37. The SMILES string of the molecule is CN1c2cc(C(C)(C)C)ccc2NC2CCCCC21. The molecular formula is C17H26N2. The molecule has 2 nitrogen and oxygen atoms in total. The molecule has 2 heteroatoms. The maximum atomic E-state index is 3.77. The Bertz CT molecular complexity index is 473. The largest absolute Gasteiger partial charge is 0.379 e. The molecular weight excluding hydrogens is 232 g/mol. The van der Waals surface area contributed by atoms with E-state index in [1.807, 2.05) is 0 Å². The highest BCUT2D eigenvalue weighted by Crippen LogP contribution is 2.40. The fraction of sp³-hybridized carbons (Fsp3) is 0.647. The summed E-state index contributed by atoms with van der Waals surface area (Å²) < 4.78 is 0. The highest BCUT2D eigenvalue weighted by molar-refractivity contribution is 5.74. The molecule has 0 aromatic heterocycles. The Labute approximate surface area is 117 Å². The van der Waals surface area contributed by atoms with Crippen LogP contribution < -0.4 is 10.2 Å². The Kier molecular flexibility index (Phi) is 2.99. The maximum absolute atomic E-state index is 3.77. The molecule has 2 atom stereocenters. The van der Waals surface area contributed by atoms with Gasteiger partial charge >= 0.3 is 0 Å². The first kappa shape index (κ1) is 12.8. The van der Waals surface area contributed by atoms with E-state index >= 15 is 0 Å². The molecule has 0 saturated heterocycles. The lowest BCUT2D eigenvalue weighted by Gasteiger charge is -2.45. The molecule has 1 N–H and O–H groups in total. The highest BCUT2D eigenvalue weighted by atomic mass is 15.2. The van der Waals surface area contributed by atoms with E-state index in [9.17, 15) is 0 Å². The van der Waals surface area contributed by atoms with Gasteiger partial charge in [0, 0.05) is 19.1 Å². The van der Waals surface area contributed by atoms with Crippen molar-refractivity contribution in [2.45, 2.75) is 64.0 Å². The maximum Gasteiger partial charge on any atom is 0.0605 e. The molecule has 0 spiro atoms. The lowest BCUT2D eigenvalue weighted by atomic mass is 9.84. The Morgan fingerprint density at radius 1 is 1.16 bits per heavy atom. The van der Waals surface area contributed by atoms with Crippen LogP contribution in [-0.4, -0.2) is 19.1 Å². The van der Waals surface area contributed by atoms with E-state index in [1.54, 1.807) is 0 Å². The summed E-state index contributed by atoms with van der Waals surface area (Å²) in [7, 11) is 2.27. The standard InChI is InChI=1S/C17H26N2/c1-17(2,3)12-9-10-14-16(11-12)19(4)15-8-6-5-7-13(15)18-14/h9-11,13,15,18H,5-8H2,1-4H3. The summed E-state index contributed by atoms with van der Waals surface area (Å²) in [6.45, 7) is 6.86. The van der Waals surface area contributed by atoms with E-state index in [0.717, 1.165) is 0 Å². The monoisotopic (exact) mass is 258 g/mol. The second kappa shape index (κ2) is 4.43. The minimum Gasteiger partial charge on any atom is -0.379 e. The molecule has 3 rings (SSSR count). The smallest absolute Gasteiger partial charge is 0.0605 e. The van der Waals surface area contributed by atoms with E-state index in [2.05, 4.69) is 56.2 Å². The number of fused-ring (bicyclic) bond motifs is 2. The summed E-state index contributed by atoms with van der Waals surface area (Å²) in [6.07, 6.45) is 5.39. The van der Waals surface area contributed by atoms with Gasteiger partial charge in [0.25, 0.3) is 0 Å². The number of hydrogen-bond donors (Lipinski definition) is 1. The van der Waals surface area contributed by atoms with Crippen LogP contribution in [0.1, 0.15) is 52.0 Å². The van der Waals surface area contributed by atoms with Crippen molar-refractivity contribution in [3.8, 4) is 0 Å². The first-order chi connectivity index (χ1) is 8.97. The predicted molar refractivity (Wildman–Crippen MR) is 83.2 cm³/mol. The summed E-state index contributed by atoms with van der Waals surface area (Å²) in [6, 6.07) is 8.26. The molecule has 0 bridgehead atoms. The first-order valence-electron chi connectivity index (χ1n) is 7.61. The molecule has 1 aromatic rings. The average molecular weight is 258 g/mol. The minimum absolute atomic E-state index is 0.222. The van der Waals surface area contributed by atoms with Gasteiger partial charge in [-0.05, 0) is 36.0 Å². The van der Waals surface area contributed by atoms with Gasteiger partial charge in [0.2, 0.25) is 0 Å². The zero-order valence-corrected chi connectivity index (χ0v) is 12.7. The molecule has 0 radical (unpaired) electrons.